The van der Waals surface area contributed by atoms with Crippen LogP contribution in [0.5, 0.6) is 0 Å². The molecule has 0 aliphatic heterocycles. The van der Waals surface area contributed by atoms with E-state index in [0.717, 1.165) is 11.3 Å². The van der Waals surface area contributed by atoms with E-state index < -0.39 is 0 Å². The number of anilines is 1. The highest BCUT2D eigenvalue weighted by Crippen LogP contribution is 2.18. The van der Waals surface area contributed by atoms with E-state index >= 15 is 0 Å². The number of aromatic nitrogens is 3. The molecule has 2 rings (SSSR count). The average Bonchev–Trinajstić information content (AvgIpc) is 2.86. The Morgan fingerprint density at radius 3 is 2.84 bits per heavy atom. The molecule has 0 atom stereocenters. The molecule has 0 spiro atoms. The van der Waals surface area contributed by atoms with Crippen LogP contribution in [0, 0.1) is 0 Å². The van der Waals surface area contributed by atoms with Crippen LogP contribution in [0.4, 0.5) is 5.82 Å². The van der Waals surface area contributed by atoms with Crippen molar-refractivity contribution in [1.29, 1.82) is 0 Å². The molecule has 0 saturated heterocycles. The lowest BCUT2D eigenvalue weighted by Crippen LogP contribution is -2.29. The lowest BCUT2D eigenvalue weighted by atomic mass is 10.2. The first-order chi connectivity index (χ1) is 9.11. The van der Waals surface area contributed by atoms with E-state index in [1.807, 2.05) is 17.6 Å². The molecular weight excluding hydrogens is 242 g/mol. The van der Waals surface area contributed by atoms with Crippen LogP contribution in [-0.4, -0.2) is 38.9 Å². The summed E-state index contributed by atoms with van der Waals surface area (Å²) >= 11 is 0. The van der Waals surface area contributed by atoms with Gasteiger partial charge >= 0.3 is 0 Å². The molecule has 0 aliphatic carbocycles. The van der Waals surface area contributed by atoms with Crippen molar-refractivity contribution in [2.75, 3.05) is 19.3 Å². The van der Waals surface area contributed by atoms with Gasteiger partial charge in [0, 0.05) is 25.4 Å². The van der Waals surface area contributed by atoms with Gasteiger partial charge in [0.25, 0.3) is 0 Å². The molecule has 0 bridgehead atoms. The number of carbonyl (C=O) groups is 1. The zero-order valence-electron chi connectivity index (χ0n) is 11.1. The first-order valence-corrected chi connectivity index (χ1v) is 6.07. The normalized spacial score (nSPS) is 10.4. The zero-order valence-corrected chi connectivity index (χ0v) is 11.1. The van der Waals surface area contributed by atoms with Gasteiger partial charge in [0.15, 0.2) is 0 Å². The fourth-order valence-corrected chi connectivity index (χ4v) is 1.69. The van der Waals surface area contributed by atoms with Crippen molar-refractivity contribution in [1.82, 2.24) is 19.4 Å². The van der Waals surface area contributed by atoms with Gasteiger partial charge in [0.1, 0.15) is 12.4 Å². The number of nitrogens with zero attached hydrogens (tertiary/aromatic N) is 4. The third kappa shape index (κ3) is 2.90. The number of hydrogen-bond donors (Lipinski definition) is 1. The van der Waals surface area contributed by atoms with E-state index in [1.165, 1.54) is 0 Å². The van der Waals surface area contributed by atoms with E-state index in [1.54, 1.807) is 36.7 Å². The smallest absolute Gasteiger partial charge is 0.242 e. The molecule has 2 N–H and O–H groups in total. The fourth-order valence-electron chi connectivity index (χ4n) is 1.69. The van der Waals surface area contributed by atoms with Gasteiger partial charge < -0.3 is 15.2 Å². The Labute approximate surface area is 111 Å². The maximum Gasteiger partial charge on any atom is 0.242 e. The summed E-state index contributed by atoms with van der Waals surface area (Å²) in [6, 6.07) is 3.59. The van der Waals surface area contributed by atoms with Gasteiger partial charge in [-0.2, -0.15) is 0 Å². The third-order valence-corrected chi connectivity index (χ3v) is 3.00. The number of pyridine rings is 1. The number of nitrogens with two attached hydrogens (primary N) is 1. The minimum absolute atomic E-state index is 0.0464. The SMILES string of the molecule is CCN(C)C(=O)Cn1cncc1-c1ccc(N)nc1. The van der Waals surface area contributed by atoms with Crippen LogP contribution in [0.1, 0.15) is 6.92 Å². The van der Waals surface area contributed by atoms with Gasteiger partial charge in [-0.25, -0.2) is 9.97 Å². The maximum atomic E-state index is 11.9. The summed E-state index contributed by atoms with van der Waals surface area (Å²) in [4.78, 5) is 21.7. The van der Waals surface area contributed by atoms with Crippen LogP contribution in [0.25, 0.3) is 11.3 Å². The van der Waals surface area contributed by atoms with Crippen molar-refractivity contribution in [3.05, 3.63) is 30.9 Å². The Morgan fingerprint density at radius 2 is 2.21 bits per heavy atom. The molecule has 0 radical (unpaired) electrons. The van der Waals surface area contributed by atoms with Gasteiger partial charge in [-0.3, -0.25) is 4.79 Å². The molecule has 1 amide bonds. The van der Waals surface area contributed by atoms with E-state index in [9.17, 15) is 4.79 Å². The van der Waals surface area contributed by atoms with Crippen molar-refractivity contribution in [2.45, 2.75) is 13.5 Å². The topological polar surface area (TPSA) is 77.0 Å². The van der Waals surface area contributed by atoms with Gasteiger partial charge in [-0.15, -0.1) is 0 Å². The molecule has 2 aromatic rings. The standard InChI is InChI=1S/C13H17N5O/c1-3-17(2)13(19)8-18-9-15-7-11(18)10-4-5-12(14)16-6-10/h4-7,9H,3,8H2,1-2H3,(H2,14,16). The largest absolute Gasteiger partial charge is 0.384 e. The lowest BCUT2D eigenvalue weighted by Gasteiger charge is -2.15. The third-order valence-electron chi connectivity index (χ3n) is 3.00. The minimum atomic E-state index is 0.0464. The Bertz CT molecular complexity index is 561. The van der Waals surface area contributed by atoms with Crippen LogP contribution >= 0.6 is 0 Å². The van der Waals surface area contributed by atoms with E-state index in [2.05, 4.69) is 9.97 Å². The first kappa shape index (κ1) is 13.1. The number of imidazole rings is 1. The van der Waals surface area contributed by atoms with Crippen LogP contribution in [0.3, 0.4) is 0 Å². The predicted octanol–water partition coefficient (Wildman–Crippen LogP) is 1.01. The first-order valence-electron chi connectivity index (χ1n) is 6.07. The summed E-state index contributed by atoms with van der Waals surface area (Å²) in [5.74, 6) is 0.516. The van der Waals surface area contributed by atoms with Gasteiger partial charge in [0.2, 0.25) is 5.91 Å². The second-order valence-corrected chi connectivity index (χ2v) is 4.29. The number of hydrogen-bond acceptors (Lipinski definition) is 4. The quantitative estimate of drug-likeness (QED) is 0.888. The summed E-state index contributed by atoms with van der Waals surface area (Å²) in [7, 11) is 1.78. The molecule has 0 aliphatic rings. The van der Waals surface area contributed by atoms with Gasteiger partial charge in [0.05, 0.1) is 18.2 Å². The molecule has 0 fully saturated rings. The summed E-state index contributed by atoms with van der Waals surface area (Å²) < 4.78 is 1.81. The van der Waals surface area contributed by atoms with Crippen molar-refractivity contribution in [3.8, 4) is 11.3 Å². The number of carbonyl (C=O) groups excluding carboxylic acids is 1. The van der Waals surface area contributed by atoms with E-state index in [0.29, 0.717) is 12.4 Å². The van der Waals surface area contributed by atoms with Crippen molar-refractivity contribution >= 4 is 11.7 Å². The molecule has 0 saturated carbocycles. The molecule has 19 heavy (non-hydrogen) atoms. The highest BCUT2D eigenvalue weighted by molar-refractivity contribution is 5.76. The molecule has 6 nitrogen and oxygen atoms in total. The molecular formula is C13H17N5O. The average molecular weight is 259 g/mol. The molecule has 6 heteroatoms. The van der Waals surface area contributed by atoms with Crippen molar-refractivity contribution < 1.29 is 4.79 Å². The molecule has 2 aromatic heterocycles. The molecule has 0 aromatic carbocycles. The molecule has 100 valence electrons. The molecule has 0 unspecified atom stereocenters. The minimum Gasteiger partial charge on any atom is -0.384 e. The van der Waals surface area contributed by atoms with Crippen LogP contribution in [0.2, 0.25) is 0 Å². The summed E-state index contributed by atoms with van der Waals surface area (Å²) in [6.07, 6.45) is 5.04. The van der Waals surface area contributed by atoms with Crippen LogP contribution in [0.15, 0.2) is 30.9 Å². The highest BCUT2D eigenvalue weighted by atomic mass is 16.2. The van der Waals surface area contributed by atoms with Gasteiger partial charge in [-0.05, 0) is 19.1 Å². The Kier molecular flexibility index (Phi) is 3.79. The Hall–Kier alpha value is -2.37. The summed E-state index contributed by atoms with van der Waals surface area (Å²) in [6.45, 7) is 2.90. The second kappa shape index (κ2) is 5.51. The lowest BCUT2D eigenvalue weighted by molar-refractivity contribution is -0.130. The second-order valence-electron chi connectivity index (χ2n) is 4.29. The van der Waals surface area contributed by atoms with Gasteiger partial charge in [-0.1, -0.05) is 0 Å². The van der Waals surface area contributed by atoms with Crippen LogP contribution < -0.4 is 5.73 Å². The zero-order chi connectivity index (χ0) is 13.8. The summed E-state index contributed by atoms with van der Waals surface area (Å²) in [5.41, 5.74) is 7.30. The van der Waals surface area contributed by atoms with E-state index in [-0.39, 0.29) is 12.5 Å². The van der Waals surface area contributed by atoms with Crippen molar-refractivity contribution in [3.63, 3.8) is 0 Å². The highest BCUT2D eigenvalue weighted by Gasteiger charge is 2.11. The van der Waals surface area contributed by atoms with Crippen molar-refractivity contribution in [2.24, 2.45) is 0 Å². The number of likely N-dealkylation sites (N-methyl/N-ethyl adjacent to an activating group) is 1. The van der Waals surface area contributed by atoms with Crippen LogP contribution in [-0.2, 0) is 11.3 Å². The molecule has 2 heterocycles. The predicted molar refractivity (Wildman–Crippen MR) is 73.2 cm³/mol. The Morgan fingerprint density at radius 1 is 1.42 bits per heavy atom. The summed E-state index contributed by atoms with van der Waals surface area (Å²) in [5, 5.41) is 0. The maximum absolute atomic E-state index is 11.9. The fraction of sp³-hybridized carbons (Fsp3) is 0.308. The Balaban J connectivity index is 2.23. The van der Waals surface area contributed by atoms with E-state index in [4.69, 9.17) is 5.73 Å². The number of nitrogen functional groups attached to an aromatic ring is 1. The monoisotopic (exact) mass is 259 g/mol. The number of amides is 1. The number of rotatable bonds is 4.